The molecule has 1 aromatic carbocycles. The Morgan fingerprint density at radius 1 is 1.12 bits per heavy atom. The number of thiophene rings is 1. The molecule has 2 aromatic heterocycles. The Labute approximate surface area is 158 Å². The SMILES string of the molecule is CCN(c1ccccc1)S(=O)(=O)c1ccc(N[C@@H](C)c2cccs2)nc1. The van der Waals surface area contributed by atoms with Gasteiger partial charge < -0.3 is 5.32 Å². The Hall–Kier alpha value is -2.38. The first-order valence-electron chi connectivity index (χ1n) is 8.36. The first-order chi connectivity index (χ1) is 12.5. The van der Waals surface area contributed by atoms with Crippen LogP contribution in [0.1, 0.15) is 24.8 Å². The Morgan fingerprint density at radius 3 is 2.46 bits per heavy atom. The van der Waals surface area contributed by atoms with Crippen LogP contribution in [0.15, 0.2) is 71.1 Å². The van der Waals surface area contributed by atoms with E-state index in [2.05, 4.69) is 16.4 Å². The number of nitrogens with one attached hydrogen (secondary N) is 1. The van der Waals surface area contributed by atoms with Gasteiger partial charge in [0.05, 0.1) is 11.7 Å². The van der Waals surface area contributed by atoms with Crippen LogP contribution >= 0.6 is 11.3 Å². The predicted octanol–water partition coefficient (Wildman–Crippen LogP) is 4.53. The van der Waals surface area contributed by atoms with Gasteiger partial charge in [0.1, 0.15) is 10.7 Å². The largest absolute Gasteiger partial charge is 0.363 e. The highest BCUT2D eigenvalue weighted by Gasteiger charge is 2.23. The molecular formula is C19H21N3O2S2. The summed E-state index contributed by atoms with van der Waals surface area (Å²) in [5.74, 6) is 0.646. The summed E-state index contributed by atoms with van der Waals surface area (Å²) in [6, 6.07) is 16.6. The molecule has 0 saturated carbocycles. The van der Waals surface area contributed by atoms with Gasteiger partial charge in [0, 0.05) is 17.6 Å². The molecule has 0 bridgehead atoms. The second-order valence-corrected chi connectivity index (χ2v) is 8.61. The summed E-state index contributed by atoms with van der Waals surface area (Å²) in [4.78, 5) is 5.67. The van der Waals surface area contributed by atoms with Crippen LogP contribution in [0.25, 0.3) is 0 Å². The number of para-hydroxylation sites is 1. The molecule has 0 unspecified atom stereocenters. The van der Waals surface area contributed by atoms with E-state index in [-0.39, 0.29) is 10.9 Å². The van der Waals surface area contributed by atoms with Crippen LogP contribution in [0.2, 0.25) is 0 Å². The van der Waals surface area contributed by atoms with Crippen LogP contribution in [0.5, 0.6) is 0 Å². The van der Waals surface area contributed by atoms with Crippen molar-refractivity contribution in [2.45, 2.75) is 24.8 Å². The molecule has 0 aliphatic rings. The van der Waals surface area contributed by atoms with Crippen LogP contribution < -0.4 is 9.62 Å². The average Bonchev–Trinajstić information content (AvgIpc) is 3.18. The average molecular weight is 388 g/mol. The van der Waals surface area contributed by atoms with Gasteiger partial charge >= 0.3 is 0 Å². The van der Waals surface area contributed by atoms with Crippen molar-refractivity contribution in [1.82, 2.24) is 4.98 Å². The van der Waals surface area contributed by atoms with Gasteiger partial charge in [0.2, 0.25) is 0 Å². The highest BCUT2D eigenvalue weighted by molar-refractivity contribution is 7.92. The van der Waals surface area contributed by atoms with Crippen LogP contribution in [0.4, 0.5) is 11.5 Å². The van der Waals surface area contributed by atoms with Crippen molar-refractivity contribution in [2.75, 3.05) is 16.2 Å². The maximum Gasteiger partial charge on any atom is 0.265 e. The number of hydrogen-bond donors (Lipinski definition) is 1. The summed E-state index contributed by atoms with van der Waals surface area (Å²) in [7, 11) is -3.65. The molecular weight excluding hydrogens is 366 g/mol. The van der Waals surface area contributed by atoms with Gasteiger partial charge in [-0.1, -0.05) is 24.3 Å². The Balaban J connectivity index is 1.80. The van der Waals surface area contributed by atoms with Gasteiger partial charge in [0.25, 0.3) is 10.0 Å². The van der Waals surface area contributed by atoms with Crippen molar-refractivity contribution < 1.29 is 8.42 Å². The lowest BCUT2D eigenvalue weighted by Crippen LogP contribution is -2.30. The van der Waals surface area contributed by atoms with E-state index in [4.69, 9.17) is 0 Å². The van der Waals surface area contributed by atoms with E-state index in [1.54, 1.807) is 35.6 Å². The lowest BCUT2D eigenvalue weighted by molar-refractivity contribution is 0.591. The molecule has 0 fully saturated rings. The summed E-state index contributed by atoms with van der Waals surface area (Å²) in [5.41, 5.74) is 0.642. The normalized spacial score (nSPS) is 12.5. The van der Waals surface area contributed by atoms with Gasteiger partial charge in [-0.25, -0.2) is 13.4 Å². The molecule has 0 amide bonds. The number of aromatic nitrogens is 1. The molecule has 136 valence electrons. The first-order valence-corrected chi connectivity index (χ1v) is 10.7. The third-order valence-corrected chi connectivity index (χ3v) is 6.93. The summed E-state index contributed by atoms with van der Waals surface area (Å²) in [5, 5.41) is 5.32. The molecule has 3 aromatic rings. The molecule has 0 aliphatic carbocycles. The number of rotatable bonds is 7. The maximum absolute atomic E-state index is 13.0. The second kappa shape index (κ2) is 7.88. The Bertz CT molecular complexity index is 925. The zero-order chi connectivity index (χ0) is 18.6. The fourth-order valence-corrected chi connectivity index (χ4v) is 4.82. The molecule has 5 nitrogen and oxygen atoms in total. The molecule has 2 heterocycles. The minimum absolute atomic E-state index is 0.112. The maximum atomic E-state index is 13.0. The van der Waals surface area contributed by atoms with E-state index in [0.717, 1.165) is 0 Å². The summed E-state index contributed by atoms with van der Waals surface area (Å²) in [6.45, 7) is 4.21. The quantitative estimate of drug-likeness (QED) is 0.647. The molecule has 1 N–H and O–H groups in total. The Morgan fingerprint density at radius 2 is 1.88 bits per heavy atom. The van der Waals surface area contributed by atoms with Crippen LogP contribution in [0.3, 0.4) is 0 Å². The summed E-state index contributed by atoms with van der Waals surface area (Å²) in [6.07, 6.45) is 1.41. The third kappa shape index (κ3) is 3.89. The monoisotopic (exact) mass is 387 g/mol. The fourth-order valence-electron chi connectivity index (χ4n) is 2.66. The van der Waals surface area contributed by atoms with Crippen LogP contribution in [-0.2, 0) is 10.0 Å². The molecule has 26 heavy (non-hydrogen) atoms. The van der Waals surface area contributed by atoms with E-state index in [1.165, 1.54) is 15.4 Å². The smallest absolute Gasteiger partial charge is 0.265 e. The van der Waals surface area contributed by atoms with Crippen molar-refractivity contribution in [3.8, 4) is 0 Å². The number of anilines is 2. The zero-order valence-corrected chi connectivity index (χ0v) is 16.3. The van der Waals surface area contributed by atoms with Crippen molar-refractivity contribution in [3.05, 3.63) is 71.1 Å². The Kier molecular flexibility index (Phi) is 5.58. The number of nitrogens with zero attached hydrogens (tertiary/aromatic N) is 2. The molecule has 0 spiro atoms. The van der Waals surface area contributed by atoms with E-state index >= 15 is 0 Å². The molecule has 1 atom stereocenters. The lowest BCUT2D eigenvalue weighted by atomic mass is 10.3. The van der Waals surface area contributed by atoms with Crippen LogP contribution in [0, 0.1) is 0 Å². The molecule has 0 saturated heterocycles. The van der Waals surface area contributed by atoms with Crippen molar-refractivity contribution in [3.63, 3.8) is 0 Å². The minimum Gasteiger partial charge on any atom is -0.363 e. The van der Waals surface area contributed by atoms with Gasteiger partial charge in [-0.05, 0) is 49.6 Å². The van der Waals surface area contributed by atoms with Crippen LogP contribution in [-0.4, -0.2) is 19.9 Å². The van der Waals surface area contributed by atoms with E-state index in [9.17, 15) is 8.42 Å². The first kappa shape index (κ1) is 18.4. The molecule has 3 rings (SSSR count). The number of pyridine rings is 1. The lowest BCUT2D eigenvalue weighted by Gasteiger charge is -2.23. The van der Waals surface area contributed by atoms with Crippen molar-refractivity contribution in [2.24, 2.45) is 0 Å². The highest BCUT2D eigenvalue weighted by Crippen LogP contribution is 2.25. The summed E-state index contributed by atoms with van der Waals surface area (Å²) < 4.78 is 27.3. The van der Waals surface area contributed by atoms with Crippen molar-refractivity contribution >= 4 is 32.9 Å². The third-order valence-electron chi connectivity index (χ3n) is 3.99. The number of hydrogen-bond acceptors (Lipinski definition) is 5. The second-order valence-electron chi connectivity index (χ2n) is 5.77. The molecule has 7 heteroatoms. The molecule has 0 radical (unpaired) electrons. The van der Waals surface area contributed by atoms with Crippen molar-refractivity contribution in [1.29, 1.82) is 0 Å². The van der Waals surface area contributed by atoms with Gasteiger partial charge in [0.15, 0.2) is 0 Å². The standard InChI is InChI=1S/C19H21N3O2S2/c1-3-22(16-8-5-4-6-9-16)26(23,24)17-11-12-19(20-14-17)21-15(2)18-10-7-13-25-18/h4-15H,3H2,1-2H3,(H,20,21)/t15-/m0/s1. The topological polar surface area (TPSA) is 62.3 Å². The van der Waals surface area contributed by atoms with E-state index in [1.807, 2.05) is 43.5 Å². The van der Waals surface area contributed by atoms with Gasteiger partial charge in [-0.2, -0.15) is 0 Å². The number of sulfonamides is 1. The minimum atomic E-state index is -3.65. The van der Waals surface area contributed by atoms with E-state index < -0.39 is 10.0 Å². The fraction of sp³-hybridized carbons (Fsp3) is 0.211. The number of benzene rings is 1. The zero-order valence-electron chi connectivity index (χ0n) is 14.7. The molecule has 0 aliphatic heterocycles. The van der Waals surface area contributed by atoms with E-state index in [0.29, 0.717) is 18.1 Å². The van der Waals surface area contributed by atoms with Gasteiger partial charge in [-0.3, -0.25) is 4.31 Å². The van der Waals surface area contributed by atoms with Gasteiger partial charge in [-0.15, -0.1) is 11.3 Å². The highest BCUT2D eigenvalue weighted by atomic mass is 32.2. The predicted molar refractivity (Wildman–Crippen MR) is 107 cm³/mol. The summed E-state index contributed by atoms with van der Waals surface area (Å²) >= 11 is 1.67.